The Morgan fingerprint density at radius 1 is 1.40 bits per heavy atom. The highest BCUT2D eigenvalue weighted by atomic mass is 16.1. The number of rotatable bonds is 7. The number of hydrogen-bond acceptors (Lipinski definition) is 3. The standard InChI is InChI=1S/C16H29N3O/c1-4-6-7-14(5-2)12-15(20)18-16(13-17)8-10-19(3)11-9-16/h14H,4-12H2,1-3H3,(H,18,20)/t14-/m0/s1. The Hall–Kier alpha value is -1.08. The van der Waals surface area contributed by atoms with Crippen LogP contribution in [0.1, 0.15) is 58.8 Å². The van der Waals surface area contributed by atoms with E-state index < -0.39 is 5.54 Å². The molecule has 0 unspecified atom stereocenters. The number of carbonyl (C=O) groups is 1. The molecule has 0 aromatic rings. The van der Waals surface area contributed by atoms with Crippen LogP contribution in [0.2, 0.25) is 0 Å². The average Bonchev–Trinajstić information content (AvgIpc) is 2.46. The van der Waals surface area contributed by atoms with Crippen LogP contribution in [0.15, 0.2) is 0 Å². The fourth-order valence-corrected chi connectivity index (χ4v) is 2.79. The number of carbonyl (C=O) groups excluding carboxylic acids is 1. The van der Waals surface area contributed by atoms with Crippen molar-refractivity contribution in [1.29, 1.82) is 5.26 Å². The molecule has 1 heterocycles. The number of piperidine rings is 1. The first-order chi connectivity index (χ1) is 9.55. The van der Waals surface area contributed by atoms with Gasteiger partial charge in [-0.2, -0.15) is 5.26 Å². The molecule has 0 aliphatic carbocycles. The maximum atomic E-state index is 12.2. The molecule has 0 radical (unpaired) electrons. The number of hydrogen-bond donors (Lipinski definition) is 1. The van der Waals surface area contributed by atoms with Crippen LogP contribution in [0.4, 0.5) is 0 Å². The Bertz CT molecular complexity index is 340. The minimum absolute atomic E-state index is 0.0547. The number of nitriles is 1. The van der Waals surface area contributed by atoms with Crippen LogP contribution in [-0.4, -0.2) is 36.5 Å². The fourth-order valence-electron chi connectivity index (χ4n) is 2.79. The molecule has 1 saturated heterocycles. The van der Waals surface area contributed by atoms with Crippen LogP contribution in [0.5, 0.6) is 0 Å². The van der Waals surface area contributed by atoms with Crippen molar-refractivity contribution in [1.82, 2.24) is 10.2 Å². The van der Waals surface area contributed by atoms with E-state index in [9.17, 15) is 10.1 Å². The van der Waals surface area contributed by atoms with Crippen molar-refractivity contribution >= 4 is 5.91 Å². The second-order valence-corrected chi connectivity index (χ2v) is 6.17. The lowest BCUT2D eigenvalue weighted by Crippen LogP contribution is -2.54. The molecule has 1 aliphatic heterocycles. The molecule has 4 nitrogen and oxygen atoms in total. The highest BCUT2D eigenvalue weighted by molar-refractivity contribution is 5.77. The quantitative estimate of drug-likeness (QED) is 0.779. The second kappa shape index (κ2) is 8.26. The SMILES string of the molecule is CCCC[C@H](CC)CC(=O)NC1(C#N)CCN(C)CC1. The molecule has 1 rings (SSSR count). The zero-order valence-electron chi connectivity index (χ0n) is 13.2. The summed E-state index contributed by atoms with van der Waals surface area (Å²) in [6.45, 7) is 6.07. The number of likely N-dealkylation sites (tertiary alicyclic amines) is 1. The Labute approximate surface area is 123 Å². The van der Waals surface area contributed by atoms with Crippen molar-refractivity contribution < 1.29 is 4.79 Å². The van der Waals surface area contributed by atoms with E-state index >= 15 is 0 Å². The molecule has 1 amide bonds. The zero-order chi connectivity index (χ0) is 15.0. The van der Waals surface area contributed by atoms with E-state index in [1.807, 2.05) is 0 Å². The Kier molecular flexibility index (Phi) is 7.01. The van der Waals surface area contributed by atoms with E-state index in [1.54, 1.807) is 0 Å². The zero-order valence-corrected chi connectivity index (χ0v) is 13.2. The lowest BCUT2D eigenvalue weighted by molar-refractivity contribution is -0.123. The topological polar surface area (TPSA) is 56.1 Å². The second-order valence-electron chi connectivity index (χ2n) is 6.17. The lowest BCUT2D eigenvalue weighted by atomic mass is 9.88. The number of nitrogens with one attached hydrogen (secondary N) is 1. The monoisotopic (exact) mass is 279 g/mol. The first kappa shape index (κ1) is 17.0. The third-order valence-electron chi connectivity index (χ3n) is 4.45. The van der Waals surface area contributed by atoms with Gasteiger partial charge >= 0.3 is 0 Å². The summed E-state index contributed by atoms with van der Waals surface area (Å²) >= 11 is 0. The van der Waals surface area contributed by atoms with Crippen LogP contribution < -0.4 is 5.32 Å². The Morgan fingerprint density at radius 2 is 2.05 bits per heavy atom. The molecule has 0 aromatic carbocycles. The summed E-state index contributed by atoms with van der Waals surface area (Å²) in [5, 5.41) is 12.4. The van der Waals surface area contributed by atoms with Gasteiger partial charge in [0.15, 0.2) is 0 Å². The number of amides is 1. The van der Waals surface area contributed by atoms with Gasteiger partial charge in [-0.3, -0.25) is 4.79 Å². The summed E-state index contributed by atoms with van der Waals surface area (Å²) in [4.78, 5) is 14.4. The van der Waals surface area contributed by atoms with Crippen molar-refractivity contribution in [2.45, 2.75) is 64.3 Å². The summed E-state index contributed by atoms with van der Waals surface area (Å²) in [5.41, 5.74) is -0.632. The predicted molar refractivity (Wildman–Crippen MR) is 81.1 cm³/mol. The van der Waals surface area contributed by atoms with Crippen molar-refractivity contribution in [2.75, 3.05) is 20.1 Å². The molecule has 0 saturated carbocycles. The molecule has 1 aliphatic rings. The molecule has 1 atom stereocenters. The normalized spacial score (nSPS) is 20.1. The van der Waals surface area contributed by atoms with E-state index in [0.29, 0.717) is 12.3 Å². The average molecular weight is 279 g/mol. The molecule has 4 heteroatoms. The minimum Gasteiger partial charge on any atom is -0.338 e. The van der Waals surface area contributed by atoms with Gasteiger partial charge in [0, 0.05) is 19.5 Å². The maximum Gasteiger partial charge on any atom is 0.221 e. The molecule has 1 N–H and O–H groups in total. The van der Waals surface area contributed by atoms with Crippen molar-refractivity contribution in [3.63, 3.8) is 0 Å². The molecule has 0 bridgehead atoms. The Balaban J connectivity index is 2.49. The van der Waals surface area contributed by atoms with Gasteiger partial charge in [0.1, 0.15) is 5.54 Å². The largest absolute Gasteiger partial charge is 0.338 e. The summed E-state index contributed by atoms with van der Waals surface area (Å²) in [7, 11) is 2.06. The molecule has 114 valence electrons. The van der Waals surface area contributed by atoms with Crippen LogP contribution >= 0.6 is 0 Å². The smallest absolute Gasteiger partial charge is 0.221 e. The van der Waals surface area contributed by atoms with Gasteiger partial charge in [-0.15, -0.1) is 0 Å². The van der Waals surface area contributed by atoms with Gasteiger partial charge in [0.05, 0.1) is 6.07 Å². The van der Waals surface area contributed by atoms with Crippen LogP contribution in [-0.2, 0) is 4.79 Å². The highest BCUT2D eigenvalue weighted by Crippen LogP contribution is 2.22. The fraction of sp³-hybridized carbons (Fsp3) is 0.875. The summed E-state index contributed by atoms with van der Waals surface area (Å²) in [6, 6.07) is 2.34. The minimum atomic E-state index is -0.632. The van der Waals surface area contributed by atoms with Crippen molar-refractivity contribution in [3.05, 3.63) is 0 Å². The third-order valence-corrected chi connectivity index (χ3v) is 4.45. The first-order valence-electron chi connectivity index (χ1n) is 7.96. The molecule has 1 fully saturated rings. The lowest BCUT2D eigenvalue weighted by Gasteiger charge is -2.36. The summed E-state index contributed by atoms with van der Waals surface area (Å²) < 4.78 is 0. The van der Waals surface area contributed by atoms with Crippen LogP contribution in [0.25, 0.3) is 0 Å². The summed E-state index contributed by atoms with van der Waals surface area (Å²) in [6.07, 6.45) is 6.54. The van der Waals surface area contributed by atoms with E-state index in [0.717, 1.165) is 38.8 Å². The van der Waals surface area contributed by atoms with Crippen molar-refractivity contribution in [3.8, 4) is 6.07 Å². The molecule has 0 spiro atoms. The third kappa shape index (κ3) is 5.13. The van der Waals surface area contributed by atoms with E-state index in [1.165, 1.54) is 12.8 Å². The van der Waals surface area contributed by atoms with E-state index in [4.69, 9.17) is 0 Å². The van der Waals surface area contributed by atoms with Gasteiger partial charge in [0.25, 0.3) is 0 Å². The van der Waals surface area contributed by atoms with E-state index in [2.05, 4.69) is 37.2 Å². The number of unbranched alkanes of at least 4 members (excludes halogenated alkanes) is 1. The van der Waals surface area contributed by atoms with E-state index in [-0.39, 0.29) is 5.91 Å². The van der Waals surface area contributed by atoms with Gasteiger partial charge < -0.3 is 10.2 Å². The Morgan fingerprint density at radius 3 is 2.55 bits per heavy atom. The molecule has 0 aromatic heterocycles. The highest BCUT2D eigenvalue weighted by Gasteiger charge is 2.35. The molecule has 20 heavy (non-hydrogen) atoms. The predicted octanol–water partition coefficient (Wildman–Crippen LogP) is 2.70. The summed E-state index contributed by atoms with van der Waals surface area (Å²) in [5.74, 6) is 0.510. The van der Waals surface area contributed by atoms with Gasteiger partial charge in [-0.25, -0.2) is 0 Å². The number of nitrogens with zero attached hydrogens (tertiary/aromatic N) is 2. The van der Waals surface area contributed by atoms with Crippen molar-refractivity contribution in [2.24, 2.45) is 5.92 Å². The maximum absolute atomic E-state index is 12.2. The van der Waals surface area contributed by atoms with Gasteiger partial charge in [0.2, 0.25) is 5.91 Å². The molecular weight excluding hydrogens is 250 g/mol. The molecular formula is C16H29N3O. The van der Waals surface area contributed by atoms with Gasteiger partial charge in [-0.05, 0) is 32.2 Å². The first-order valence-corrected chi connectivity index (χ1v) is 7.96. The van der Waals surface area contributed by atoms with Crippen LogP contribution in [0, 0.1) is 17.2 Å². The van der Waals surface area contributed by atoms with Gasteiger partial charge in [-0.1, -0.05) is 33.1 Å². The van der Waals surface area contributed by atoms with Crippen LogP contribution in [0.3, 0.4) is 0 Å².